The van der Waals surface area contributed by atoms with Crippen molar-refractivity contribution in [2.45, 2.75) is 19.4 Å². The first-order chi connectivity index (χ1) is 8.38. The average molecular weight is 230 g/mol. The number of aryl methyl sites for hydroxylation is 1. The Morgan fingerprint density at radius 2 is 2.12 bits per heavy atom. The van der Waals surface area contributed by atoms with Crippen molar-refractivity contribution in [2.75, 3.05) is 6.61 Å². The van der Waals surface area contributed by atoms with E-state index in [0.29, 0.717) is 5.92 Å². The predicted molar refractivity (Wildman–Crippen MR) is 62.1 cm³/mol. The number of fused-ring (bicyclic) bond motifs is 1. The first-order valence-corrected chi connectivity index (χ1v) is 5.82. The maximum atomic E-state index is 9.25. The van der Waals surface area contributed by atoms with E-state index in [2.05, 4.69) is 19.7 Å². The molecule has 0 aliphatic carbocycles. The zero-order valence-corrected chi connectivity index (χ0v) is 9.45. The van der Waals surface area contributed by atoms with E-state index in [4.69, 9.17) is 0 Å². The number of hydrogen-bond acceptors (Lipinski definition) is 4. The Hall–Kier alpha value is -1.75. The topological polar surface area (TPSA) is 63.8 Å². The summed E-state index contributed by atoms with van der Waals surface area (Å²) in [6.07, 6.45) is 5.39. The lowest BCUT2D eigenvalue weighted by Gasteiger charge is -2.22. The lowest BCUT2D eigenvalue weighted by atomic mass is 10.0. The molecule has 1 aliphatic rings. The van der Waals surface area contributed by atoms with Crippen LogP contribution in [0.1, 0.15) is 12.2 Å². The van der Waals surface area contributed by atoms with Crippen LogP contribution < -0.4 is 0 Å². The summed E-state index contributed by atoms with van der Waals surface area (Å²) in [5.74, 6) is 2.21. The number of aromatic nitrogens is 4. The standard InChI is InChI=1S/C12H14N4O/c17-8-9-1-2-11-14-15-12(16(11)7-9)10-3-5-13-6-4-10/h3-6,9,17H,1-2,7-8H2. The van der Waals surface area contributed by atoms with Gasteiger partial charge in [0, 0.05) is 43.4 Å². The molecule has 0 radical (unpaired) electrons. The molecule has 3 rings (SSSR count). The molecule has 0 aromatic carbocycles. The Kier molecular flexibility index (Phi) is 2.60. The normalized spacial score (nSPS) is 19.0. The van der Waals surface area contributed by atoms with Gasteiger partial charge in [0.05, 0.1) is 0 Å². The first kappa shape index (κ1) is 10.4. The number of aliphatic hydroxyl groups is 1. The third-order valence-electron chi connectivity index (χ3n) is 3.24. The SMILES string of the molecule is OCC1CCc2nnc(-c3ccncc3)n2C1. The van der Waals surface area contributed by atoms with Crippen LogP contribution in [-0.2, 0) is 13.0 Å². The van der Waals surface area contributed by atoms with Crippen LogP contribution in [0.15, 0.2) is 24.5 Å². The van der Waals surface area contributed by atoms with Gasteiger partial charge in [-0.2, -0.15) is 0 Å². The van der Waals surface area contributed by atoms with Crippen LogP contribution in [0.5, 0.6) is 0 Å². The fraction of sp³-hybridized carbons (Fsp3) is 0.417. The molecule has 0 saturated carbocycles. The summed E-state index contributed by atoms with van der Waals surface area (Å²) in [5, 5.41) is 17.7. The van der Waals surface area contributed by atoms with Crippen LogP contribution in [0.4, 0.5) is 0 Å². The second-order valence-corrected chi connectivity index (χ2v) is 4.37. The van der Waals surface area contributed by atoms with E-state index in [9.17, 15) is 5.11 Å². The van der Waals surface area contributed by atoms with Crippen molar-refractivity contribution in [3.05, 3.63) is 30.4 Å². The highest BCUT2D eigenvalue weighted by molar-refractivity contribution is 5.54. The van der Waals surface area contributed by atoms with Crippen LogP contribution in [0.25, 0.3) is 11.4 Å². The largest absolute Gasteiger partial charge is 0.396 e. The molecule has 1 N–H and O–H groups in total. The third-order valence-corrected chi connectivity index (χ3v) is 3.24. The molecule has 0 amide bonds. The van der Waals surface area contributed by atoms with E-state index < -0.39 is 0 Å². The van der Waals surface area contributed by atoms with Crippen molar-refractivity contribution >= 4 is 0 Å². The molecule has 17 heavy (non-hydrogen) atoms. The zero-order chi connectivity index (χ0) is 11.7. The van der Waals surface area contributed by atoms with Gasteiger partial charge in [0.25, 0.3) is 0 Å². The lowest BCUT2D eigenvalue weighted by Crippen LogP contribution is -2.23. The van der Waals surface area contributed by atoms with Gasteiger partial charge in [0.2, 0.25) is 0 Å². The van der Waals surface area contributed by atoms with Crippen molar-refractivity contribution in [3.8, 4) is 11.4 Å². The Labute approximate surface area is 99.1 Å². The number of nitrogens with zero attached hydrogens (tertiary/aromatic N) is 4. The molecule has 0 saturated heterocycles. The molecule has 1 unspecified atom stereocenters. The molecule has 3 heterocycles. The second-order valence-electron chi connectivity index (χ2n) is 4.37. The quantitative estimate of drug-likeness (QED) is 0.832. The molecule has 0 fully saturated rings. The lowest BCUT2D eigenvalue weighted by molar-refractivity contribution is 0.191. The summed E-state index contributed by atoms with van der Waals surface area (Å²) < 4.78 is 2.11. The molecule has 5 heteroatoms. The molecule has 5 nitrogen and oxygen atoms in total. The van der Waals surface area contributed by atoms with Crippen molar-refractivity contribution < 1.29 is 5.11 Å². The second kappa shape index (κ2) is 4.25. The minimum Gasteiger partial charge on any atom is -0.396 e. The van der Waals surface area contributed by atoms with Gasteiger partial charge in [-0.25, -0.2) is 0 Å². The zero-order valence-electron chi connectivity index (χ0n) is 9.45. The summed E-state index contributed by atoms with van der Waals surface area (Å²) in [7, 11) is 0. The molecule has 0 bridgehead atoms. The van der Waals surface area contributed by atoms with Crippen LogP contribution in [0.2, 0.25) is 0 Å². The monoisotopic (exact) mass is 230 g/mol. The number of aliphatic hydroxyl groups excluding tert-OH is 1. The minimum absolute atomic E-state index is 0.230. The fourth-order valence-electron chi connectivity index (χ4n) is 2.26. The Morgan fingerprint density at radius 3 is 2.88 bits per heavy atom. The third kappa shape index (κ3) is 1.82. The molecule has 1 aliphatic heterocycles. The van der Waals surface area contributed by atoms with E-state index in [-0.39, 0.29) is 6.61 Å². The van der Waals surface area contributed by atoms with Gasteiger partial charge in [0.1, 0.15) is 5.82 Å². The van der Waals surface area contributed by atoms with Gasteiger partial charge < -0.3 is 9.67 Å². The van der Waals surface area contributed by atoms with Crippen LogP contribution in [0.3, 0.4) is 0 Å². The van der Waals surface area contributed by atoms with Gasteiger partial charge in [-0.05, 0) is 18.6 Å². The van der Waals surface area contributed by atoms with E-state index in [0.717, 1.165) is 36.6 Å². The number of hydrogen-bond donors (Lipinski definition) is 1. The molecule has 0 spiro atoms. The molecular weight excluding hydrogens is 216 g/mol. The van der Waals surface area contributed by atoms with Gasteiger partial charge >= 0.3 is 0 Å². The highest BCUT2D eigenvalue weighted by atomic mass is 16.3. The summed E-state index contributed by atoms with van der Waals surface area (Å²) in [6.45, 7) is 1.03. The van der Waals surface area contributed by atoms with Gasteiger partial charge in [-0.15, -0.1) is 10.2 Å². The van der Waals surface area contributed by atoms with Crippen molar-refractivity contribution in [1.29, 1.82) is 0 Å². The van der Waals surface area contributed by atoms with Gasteiger partial charge in [0.15, 0.2) is 5.82 Å². The first-order valence-electron chi connectivity index (χ1n) is 5.82. The van der Waals surface area contributed by atoms with Crippen molar-refractivity contribution in [2.24, 2.45) is 5.92 Å². The maximum absolute atomic E-state index is 9.25. The summed E-state index contributed by atoms with van der Waals surface area (Å²) >= 11 is 0. The summed E-state index contributed by atoms with van der Waals surface area (Å²) in [6, 6.07) is 3.86. The Bertz CT molecular complexity index is 508. The minimum atomic E-state index is 0.230. The molecular formula is C12H14N4O. The Balaban J connectivity index is 2.00. The smallest absolute Gasteiger partial charge is 0.164 e. The van der Waals surface area contributed by atoms with E-state index in [1.807, 2.05) is 12.1 Å². The maximum Gasteiger partial charge on any atom is 0.164 e. The molecule has 2 aromatic rings. The van der Waals surface area contributed by atoms with Crippen LogP contribution in [-0.4, -0.2) is 31.5 Å². The average Bonchev–Trinajstić information content (AvgIpc) is 2.82. The van der Waals surface area contributed by atoms with Crippen LogP contribution >= 0.6 is 0 Å². The Morgan fingerprint density at radius 1 is 1.29 bits per heavy atom. The fourth-order valence-corrected chi connectivity index (χ4v) is 2.26. The highest BCUT2D eigenvalue weighted by Gasteiger charge is 2.22. The molecule has 1 atom stereocenters. The van der Waals surface area contributed by atoms with E-state index in [1.165, 1.54) is 0 Å². The summed E-state index contributed by atoms with van der Waals surface area (Å²) in [4.78, 5) is 4.00. The predicted octanol–water partition coefficient (Wildman–Crippen LogP) is 0.895. The van der Waals surface area contributed by atoms with E-state index >= 15 is 0 Å². The number of pyridine rings is 1. The van der Waals surface area contributed by atoms with Crippen molar-refractivity contribution in [3.63, 3.8) is 0 Å². The van der Waals surface area contributed by atoms with Gasteiger partial charge in [-0.3, -0.25) is 4.98 Å². The van der Waals surface area contributed by atoms with Crippen LogP contribution in [0, 0.1) is 5.92 Å². The molecule has 88 valence electrons. The van der Waals surface area contributed by atoms with E-state index in [1.54, 1.807) is 12.4 Å². The molecule has 2 aromatic heterocycles. The highest BCUT2D eigenvalue weighted by Crippen LogP contribution is 2.24. The van der Waals surface area contributed by atoms with Gasteiger partial charge in [-0.1, -0.05) is 0 Å². The van der Waals surface area contributed by atoms with Crippen molar-refractivity contribution in [1.82, 2.24) is 19.7 Å². The number of rotatable bonds is 2. The summed E-state index contributed by atoms with van der Waals surface area (Å²) in [5.41, 5.74) is 1.03.